The number of nitrogens with two attached hydrogens (primary N) is 1. The van der Waals surface area contributed by atoms with Crippen LogP contribution in [0.25, 0.3) is 0 Å². The van der Waals surface area contributed by atoms with Crippen molar-refractivity contribution in [2.45, 2.75) is 19.4 Å². The number of rotatable bonds is 5. The van der Waals surface area contributed by atoms with Gasteiger partial charge < -0.3 is 11.1 Å². The predicted molar refractivity (Wildman–Crippen MR) is 76.3 cm³/mol. The quantitative estimate of drug-likeness (QED) is 0.637. The summed E-state index contributed by atoms with van der Waals surface area (Å²) in [6, 6.07) is 9.82. The summed E-state index contributed by atoms with van der Waals surface area (Å²) in [5, 5.41) is 14.0. The number of anilines is 2. The van der Waals surface area contributed by atoms with Crippen LogP contribution in [0.15, 0.2) is 36.7 Å². The van der Waals surface area contributed by atoms with Gasteiger partial charge in [-0.1, -0.05) is 30.3 Å². The van der Waals surface area contributed by atoms with Gasteiger partial charge in [0.05, 0.1) is 4.92 Å². The van der Waals surface area contributed by atoms with E-state index in [1.807, 2.05) is 37.3 Å². The van der Waals surface area contributed by atoms with Gasteiger partial charge in [-0.2, -0.15) is 0 Å². The molecule has 104 valence electrons. The number of nitrogens with one attached hydrogen (secondary N) is 1. The van der Waals surface area contributed by atoms with Gasteiger partial charge in [0.15, 0.2) is 0 Å². The molecule has 3 N–H and O–H groups in total. The molecular formula is C13H15N5O2. The van der Waals surface area contributed by atoms with Crippen molar-refractivity contribution in [2.24, 2.45) is 0 Å². The molecule has 0 aliphatic rings. The molecule has 0 saturated heterocycles. The van der Waals surface area contributed by atoms with Gasteiger partial charge in [-0.3, -0.25) is 10.1 Å². The van der Waals surface area contributed by atoms with Crippen LogP contribution >= 0.6 is 0 Å². The largest absolute Gasteiger partial charge is 0.378 e. The Balaban J connectivity index is 2.14. The van der Waals surface area contributed by atoms with Gasteiger partial charge in [0.25, 0.3) is 0 Å². The molecule has 20 heavy (non-hydrogen) atoms. The minimum absolute atomic E-state index is 0.0228. The first-order chi connectivity index (χ1) is 9.58. The second kappa shape index (κ2) is 5.96. The molecule has 0 saturated carbocycles. The second-order valence-electron chi connectivity index (χ2n) is 4.45. The van der Waals surface area contributed by atoms with Gasteiger partial charge in [-0.15, -0.1) is 0 Å². The Morgan fingerprint density at radius 3 is 2.70 bits per heavy atom. The molecule has 7 nitrogen and oxygen atoms in total. The van der Waals surface area contributed by atoms with Crippen molar-refractivity contribution >= 4 is 17.3 Å². The molecule has 1 unspecified atom stereocenters. The molecule has 0 spiro atoms. The second-order valence-corrected chi connectivity index (χ2v) is 4.45. The summed E-state index contributed by atoms with van der Waals surface area (Å²) >= 11 is 0. The predicted octanol–water partition coefficient (Wildman–Crippen LogP) is 2.01. The minimum atomic E-state index is -0.576. The Morgan fingerprint density at radius 1 is 1.35 bits per heavy atom. The fourth-order valence-electron chi connectivity index (χ4n) is 1.93. The molecule has 1 aromatic carbocycles. The topological polar surface area (TPSA) is 107 Å². The average molecular weight is 273 g/mol. The zero-order valence-corrected chi connectivity index (χ0v) is 11.0. The van der Waals surface area contributed by atoms with Gasteiger partial charge >= 0.3 is 5.69 Å². The summed E-state index contributed by atoms with van der Waals surface area (Å²) < 4.78 is 0. The molecule has 2 rings (SSSR count). The van der Waals surface area contributed by atoms with Crippen LogP contribution in [0.4, 0.5) is 17.3 Å². The van der Waals surface area contributed by atoms with Crippen LogP contribution in [-0.4, -0.2) is 20.9 Å². The van der Waals surface area contributed by atoms with Crippen molar-refractivity contribution in [1.82, 2.24) is 9.97 Å². The summed E-state index contributed by atoms with van der Waals surface area (Å²) in [6.07, 6.45) is 1.93. The van der Waals surface area contributed by atoms with Crippen molar-refractivity contribution in [3.63, 3.8) is 0 Å². The lowest BCUT2D eigenvalue weighted by Gasteiger charge is -2.14. The number of hydrogen-bond acceptors (Lipinski definition) is 6. The lowest BCUT2D eigenvalue weighted by molar-refractivity contribution is -0.383. The lowest BCUT2D eigenvalue weighted by Crippen LogP contribution is -2.20. The average Bonchev–Trinajstić information content (AvgIpc) is 2.39. The highest BCUT2D eigenvalue weighted by Gasteiger charge is 2.21. The molecule has 0 aliphatic heterocycles. The third-order valence-corrected chi connectivity index (χ3v) is 2.80. The number of aromatic nitrogens is 2. The van der Waals surface area contributed by atoms with Gasteiger partial charge in [-0.25, -0.2) is 9.97 Å². The van der Waals surface area contributed by atoms with Crippen molar-refractivity contribution in [1.29, 1.82) is 0 Å². The fraction of sp³-hybridized carbons (Fsp3) is 0.231. The third-order valence-electron chi connectivity index (χ3n) is 2.80. The van der Waals surface area contributed by atoms with Crippen LogP contribution in [0.2, 0.25) is 0 Å². The van der Waals surface area contributed by atoms with E-state index in [0.717, 1.165) is 12.0 Å². The van der Waals surface area contributed by atoms with Crippen molar-refractivity contribution in [3.8, 4) is 0 Å². The lowest BCUT2D eigenvalue weighted by atomic mass is 10.1. The summed E-state index contributed by atoms with van der Waals surface area (Å²) in [4.78, 5) is 17.9. The summed E-state index contributed by atoms with van der Waals surface area (Å²) in [5.74, 6) is 0.00495. The molecule has 0 amide bonds. The van der Waals surface area contributed by atoms with Crippen LogP contribution in [0.3, 0.4) is 0 Å². The van der Waals surface area contributed by atoms with E-state index in [4.69, 9.17) is 5.73 Å². The van der Waals surface area contributed by atoms with Gasteiger partial charge in [0.1, 0.15) is 6.33 Å². The van der Waals surface area contributed by atoms with E-state index in [9.17, 15) is 10.1 Å². The molecular weight excluding hydrogens is 258 g/mol. The fourth-order valence-corrected chi connectivity index (χ4v) is 1.93. The number of nitro groups is 1. The molecule has 0 bridgehead atoms. The van der Waals surface area contributed by atoms with E-state index in [-0.39, 0.29) is 23.4 Å². The van der Waals surface area contributed by atoms with E-state index >= 15 is 0 Å². The highest BCUT2D eigenvalue weighted by atomic mass is 16.6. The minimum Gasteiger partial charge on any atom is -0.378 e. The standard InChI is InChI=1S/C13H15N5O2/c1-9(7-10-5-3-2-4-6-10)17-13-11(18(19)20)12(14)15-8-16-13/h2-6,8-9H,7H2,1H3,(H3,14,15,16,17). The van der Waals surface area contributed by atoms with Crippen molar-refractivity contribution in [2.75, 3.05) is 11.1 Å². The van der Waals surface area contributed by atoms with Crippen LogP contribution < -0.4 is 11.1 Å². The zero-order valence-electron chi connectivity index (χ0n) is 11.0. The summed E-state index contributed by atoms with van der Waals surface area (Å²) in [7, 11) is 0. The van der Waals surface area contributed by atoms with E-state index < -0.39 is 4.92 Å². The molecule has 2 aromatic rings. The Kier molecular flexibility index (Phi) is 4.09. The molecule has 0 radical (unpaired) electrons. The van der Waals surface area contributed by atoms with Crippen LogP contribution in [0.5, 0.6) is 0 Å². The maximum absolute atomic E-state index is 11.0. The Morgan fingerprint density at radius 2 is 2.05 bits per heavy atom. The Hall–Kier alpha value is -2.70. The molecule has 7 heteroatoms. The molecule has 0 fully saturated rings. The summed E-state index contributed by atoms with van der Waals surface area (Å²) in [6.45, 7) is 1.93. The first-order valence-corrected chi connectivity index (χ1v) is 6.13. The number of benzene rings is 1. The first kappa shape index (κ1) is 13.7. The maximum Gasteiger partial charge on any atom is 0.352 e. The SMILES string of the molecule is CC(Cc1ccccc1)Nc1ncnc(N)c1[N+](=O)[O-]. The van der Waals surface area contributed by atoms with Crippen LogP contribution in [-0.2, 0) is 6.42 Å². The Labute approximate surface area is 116 Å². The van der Waals surface area contributed by atoms with E-state index in [0.29, 0.717) is 0 Å². The zero-order chi connectivity index (χ0) is 14.5. The van der Waals surface area contributed by atoms with Crippen molar-refractivity contribution < 1.29 is 4.92 Å². The highest BCUT2D eigenvalue weighted by Crippen LogP contribution is 2.27. The van der Waals surface area contributed by atoms with E-state index in [2.05, 4.69) is 15.3 Å². The van der Waals surface area contributed by atoms with Gasteiger partial charge in [0, 0.05) is 6.04 Å². The van der Waals surface area contributed by atoms with Crippen molar-refractivity contribution in [3.05, 3.63) is 52.3 Å². The third kappa shape index (κ3) is 3.19. The first-order valence-electron chi connectivity index (χ1n) is 6.13. The number of hydrogen-bond donors (Lipinski definition) is 2. The van der Waals surface area contributed by atoms with E-state index in [1.54, 1.807) is 0 Å². The monoisotopic (exact) mass is 273 g/mol. The Bertz CT molecular complexity index is 603. The smallest absolute Gasteiger partial charge is 0.352 e. The highest BCUT2D eigenvalue weighted by molar-refractivity contribution is 5.67. The van der Waals surface area contributed by atoms with Gasteiger partial charge in [0.2, 0.25) is 11.6 Å². The van der Waals surface area contributed by atoms with Crippen LogP contribution in [0, 0.1) is 10.1 Å². The number of nitrogen functional groups attached to an aromatic ring is 1. The number of nitrogens with zero attached hydrogens (tertiary/aromatic N) is 3. The van der Waals surface area contributed by atoms with E-state index in [1.165, 1.54) is 6.33 Å². The molecule has 1 heterocycles. The maximum atomic E-state index is 11.0. The molecule has 1 atom stereocenters. The molecule has 0 aliphatic carbocycles. The molecule has 1 aromatic heterocycles. The summed E-state index contributed by atoms with van der Waals surface area (Å²) in [5.41, 5.74) is 6.37. The van der Waals surface area contributed by atoms with Crippen LogP contribution in [0.1, 0.15) is 12.5 Å². The normalized spacial score (nSPS) is 11.8. The van der Waals surface area contributed by atoms with Gasteiger partial charge in [-0.05, 0) is 18.9 Å².